The van der Waals surface area contributed by atoms with Gasteiger partial charge in [-0.05, 0) is 65.5 Å². The minimum atomic E-state index is 0.0387. The zero-order valence-corrected chi connectivity index (χ0v) is 18.4. The first kappa shape index (κ1) is 23.3. The van der Waals surface area contributed by atoms with E-state index in [1.54, 1.807) is 6.07 Å². The van der Waals surface area contributed by atoms with Gasteiger partial charge in [0, 0.05) is 36.2 Å². The number of benzene rings is 2. The van der Waals surface area contributed by atoms with Gasteiger partial charge in [-0.3, -0.25) is 0 Å². The van der Waals surface area contributed by atoms with Gasteiger partial charge in [-0.15, -0.1) is 0 Å². The van der Waals surface area contributed by atoms with Crippen LogP contribution in [0.2, 0.25) is 0 Å². The Morgan fingerprint density at radius 2 is 1.56 bits per heavy atom. The molecule has 0 bridgehead atoms. The SMILES string of the molecule is CC(C)CCCOC(C)(C)C.CCN(CC)c1ccc(O)c2ccccc12. The Balaban J connectivity index is 0.000000293. The molecule has 0 atom stereocenters. The maximum Gasteiger partial charge on any atom is 0.123 e. The first-order valence-electron chi connectivity index (χ1n) is 10.3. The molecule has 0 aliphatic heterocycles. The van der Waals surface area contributed by atoms with E-state index in [2.05, 4.69) is 59.4 Å². The van der Waals surface area contributed by atoms with Crippen molar-refractivity contribution in [3.63, 3.8) is 0 Å². The maximum atomic E-state index is 9.80. The lowest BCUT2D eigenvalue weighted by Gasteiger charge is -2.23. The summed E-state index contributed by atoms with van der Waals surface area (Å²) in [5.74, 6) is 1.16. The van der Waals surface area contributed by atoms with Crippen molar-refractivity contribution in [1.29, 1.82) is 0 Å². The lowest BCUT2D eigenvalue weighted by atomic mass is 10.1. The van der Waals surface area contributed by atoms with Crippen molar-refractivity contribution in [3.05, 3.63) is 36.4 Å². The summed E-state index contributed by atoms with van der Waals surface area (Å²) in [5, 5.41) is 11.8. The molecule has 2 aromatic rings. The van der Waals surface area contributed by atoms with Crippen molar-refractivity contribution in [3.8, 4) is 5.75 Å². The smallest absolute Gasteiger partial charge is 0.123 e. The number of aromatic hydroxyl groups is 1. The second-order valence-electron chi connectivity index (χ2n) is 8.32. The number of phenolic OH excluding ortho intramolecular Hbond substituents is 1. The standard InChI is InChI=1S/C14H17NO.C10H22O/c1-3-15(4-2)13-9-10-14(16)12-8-6-5-7-11(12)13;1-9(2)7-6-8-11-10(3,4)5/h5-10,16H,3-4H2,1-2H3;9H,6-8H2,1-5H3. The average Bonchev–Trinajstić information content (AvgIpc) is 2.61. The van der Waals surface area contributed by atoms with E-state index in [0.717, 1.165) is 36.4 Å². The molecule has 0 aliphatic carbocycles. The number of hydrogen-bond donors (Lipinski definition) is 1. The van der Waals surface area contributed by atoms with Crippen LogP contribution in [-0.4, -0.2) is 30.4 Å². The maximum absolute atomic E-state index is 9.80. The Kier molecular flexibility index (Phi) is 9.65. The summed E-state index contributed by atoms with van der Waals surface area (Å²) < 4.78 is 5.58. The zero-order valence-electron chi connectivity index (χ0n) is 18.4. The Bertz CT molecular complexity index is 670. The fourth-order valence-electron chi connectivity index (χ4n) is 2.98. The topological polar surface area (TPSA) is 32.7 Å². The molecule has 0 amide bonds. The summed E-state index contributed by atoms with van der Waals surface area (Å²) in [6, 6.07) is 11.7. The van der Waals surface area contributed by atoms with Gasteiger partial charge in [-0.1, -0.05) is 38.1 Å². The number of anilines is 1. The quantitative estimate of drug-likeness (QED) is 0.553. The summed E-state index contributed by atoms with van der Waals surface area (Å²) in [6.07, 6.45) is 2.46. The van der Waals surface area contributed by atoms with Crippen LogP contribution < -0.4 is 4.90 Å². The van der Waals surface area contributed by atoms with Gasteiger partial charge in [0.05, 0.1) is 5.60 Å². The Hall–Kier alpha value is -1.74. The highest BCUT2D eigenvalue weighted by Gasteiger charge is 2.09. The average molecular weight is 374 g/mol. The minimum Gasteiger partial charge on any atom is -0.507 e. The molecule has 0 aliphatic rings. The largest absolute Gasteiger partial charge is 0.507 e. The van der Waals surface area contributed by atoms with Gasteiger partial charge in [0.25, 0.3) is 0 Å². The molecule has 3 heteroatoms. The Morgan fingerprint density at radius 1 is 0.963 bits per heavy atom. The second-order valence-corrected chi connectivity index (χ2v) is 8.32. The van der Waals surface area contributed by atoms with Crippen molar-refractivity contribution in [1.82, 2.24) is 0 Å². The number of rotatable bonds is 7. The van der Waals surface area contributed by atoms with E-state index in [-0.39, 0.29) is 5.60 Å². The summed E-state index contributed by atoms with van der Waals surface area (Å²) in [4.78, 5) is 2.29. The molecule has 0 saturated carbocycles. The van der Waals surface area contributed by atoms with Gasteiger partial charge < -0.3 is 14.7 Å². The van der Waals surface area contributed by atoms with E-state index < -0.39 is 0 Å². The molecule has 27 heavy (non-hydrogen) atoms. The van der Waals surface area contributed by atoms with E-state index in [4.69, 9.17) is 4.74 Å². The predicted molar refractivity (Wildman–Crippen MR) is 119 cm³/mol. The number of ether oxygens (including phenoxy) is 1. The highest BCUT2D eigenvalue weighted by Crippen LogP contribution is 2.32. The third-order valence-corrected chi connectivity index (χ3v) is 4.44. The molecule has 0 saturated heterocycles. The van der Waals surface area contributed by atoms with Crippen LogP contribution in [0.1, 0.15) is 61.3 Å². The van der Waals surface area contributed by atoms with Crippen molar-refractivity contribution in [2.75, 3.05) is 24.6 Å². The normalized spacial score (nSPS) is 11.4. The van der Waals surface area contributed by atoms with Gasteiger partial charge in [0.15, 0.2) is 0 Å². The summed E-state index contributed by atoms with van der Waals surface area (Å²) in [6.45, 7) is 17.9. The number of hydrogen-bond acceptors (Lipinski definition) is 3. The van der Waals surface area contributed by atoms with Gasteiger partial charge >= 0.3 is 0 Å². The van der Waals surface area contributed by atoms with Gasteiger partial charge in [0.1, 0.15) is 5.75 Å². The molecule has 1 N–H and O–H groups in total. The first-order valence-corrected chi connectivity index (χ1v) is 10.3. The molecule has 2 aromatic carbocycles. The molecule has 0 fully saturated rings. The molecule has 0 spiro atoms. The van der Waals surface area contributed by atoms with Crippen LogP contribution in [0.5, 0.6) is 5.75 Å². The van der Waals surface area contributed by atoms with Crippen LogP contribution in [-0.2, 0) is 4.74 Å². The molecular formula is C24H39NO2. The molecule has 0 heterocycles. The van der Waals surface area contributed by atoms with E-state index in [9.17, 15) is 5.11 Å². The van der Waals surface area contributed by atoms with Crippen molar-refractivity contribution in [2.24, 2.45) is 5.92 Å². The fourth-order valence-corrected chi connectivity index (χ4v) is 2.98. The molecule has 3 nitrogen and oxygen atoms in total. The highest BCUT2D eigenvalue weighted by atomic mass is 16.5. The summed E-state index contributed by atoms with van der Waals surface area (Å²) in [5.41, 5.74) is 1.23. The van der Waals surface area contributed by atoms with Gasteiger partial charge in [-0.2, -0.15) is 0 Å². The van der Waals surface area contributed by atoms with Crippen LogP contribution >= 0.6 is 0 Å². The molecule has 0 aromatic heterocycles. The lowest BCUT2D eigenvalue weighted by Crippen LogP contribution is -2.21. The lowest BCUT2D eigenvalue weighted by molar-refractivity contribution is -0.00553. The first-order chi connectivity index (χ1) is 12.7. The summed E-state index contributed by atoms with van der Waals surface area (Å²) >= 11 is 0. The van der Waals surface area contributed by atoms with Crippen LogP contribution in [0.4, 0.5) is 5.69 Å². The van der Waals surface area contributed by atoms with Crippen LogP contribution in [0.15, 0.2) is 36.4 Å². The Morgan fingerprint density at radius 3 is 2.07 bits per heavy atom. The molecular weight excluding hydrogens is 334 g/mol. The van der Waals surface area contributed by atoms with Crippen LogP contribution in [0.25, 0.3) is 10.8 Å². The third kappa shape index (κ3) is 8.21. The minimum absolute atomic E-state index is 0.0387. The molecule has 152 valence electrons. The number of nitrogens with zero attached hydrogens (tertiary/aromatic N) is 1. The molecule has 0 unspecified atom stereocenters. The predicted octanol–water partition coefficient (Wildman–Crippen LogP) is 6.63. The number of fused-ring (bicyclic) bond motifs is 1. The number of phenols is 1. The Labute approximate surface area is 166 Å². The van der Waals surface area contributed by atoms with Gasteiger partial charge in [0.2, 0.25) is 0 Å². The van der Waals surface area contributed by atoms with Crippen LogP contribution in [0.3, 0.4) is 0 Å². The van der Waals surface area contributed by atoms with E-state index in [1.807, 2.05) is 24.3 Å². The zero-order chi connectivity index (χ0) is 20.4. The van der Waals surface area contributed by atoms with Crippen molar-refractivity contribution < 1.29 is 9.84 Å². The van der Waals surface area contributed by atoms with Crippen molar-refractivity contribution in [2.45, 2.75) is 66.9 Å². The van der Waals surface area contributed by atoms with Crippen molar-refractivity contribution >= 4 is 16.5 Å². The van der Waals surface area contributed by atoms with E-state index in [1.165, 1.54) is 18.5 Å². The van der Waals surface area contributed by atoms with Gasteiger partial charge in [-0.25, -0.2) is 0 Å². The van der Waals surface area contributed by atoms with E-state index in [0.29, 0.717) is 5.75 Å². The fraction of sp³-hybridized carbons (Fsp3) is 0.583. The highest BCUT2D eigenvalue weighted by molar-refractivity contribution is 5.98. The molecule has 2 rings (SSSR count). The van der Waals surface area contributed by atoms with Crippen LogP contribution in [0, 0.1) is 5.92 Å². The molecule has 0 radical (unpaired) electrons. The third-order valence-electron chi connectivity index (χ3n) is 4.44. The summed E-state index contributed by atoms with van der Waals surface area (Å²) in [7, 11) is 0. The monoisotopic (exact) mass is 373 g/mol. The van der Waals surface area contributed by atoms with E-state index >= 15 is 0 Å². The second kappa shape index (κ2) is 11.2.